The van der Waals surface area contributed by atoms with Crippen LogP contribution in [-0.4, -0.2) is 36.6 Å². The van der Waals surface area contributed by atoms with Crippen molar-refractivity contribution in [3.05, 3.63) is 0 Å². The molecule has 122 valence electrons. The van der Waals surface area contributed by atoms with Gasteiger partial charge in [-0.25, -0.2) is 0 Å². The molecule has 1 heterocycles. The number of nitriles is 1. The molecule has 1 N–H and O–H groups in total. The summed E-state index contributed by atoms with van der Waals surface area (Å²) >= 11 is 0. The van der Waals surface area contributed by atoms with Crippen molar-refractivity contribution in [1.82, 2.24) is 10.2 Å². The van der Waals surface area contributed by atoms with Crippen molar-refractivity contribution in [3.63, 3.8) is 0 Å². The van der Waals surface area contributed by atoms with E-state index in [1.165, 1.54) is 32.4 Å². The Bertz CT molecular complexity index is 339. The van der Waals surface area contributed by atoms with Crippen molar-refractivity contribution in [1.29, 1.82) is 5.26 Å². The van der Waals surface area contributed by atoms with E-state index in [2.05, 4.69) is 44.0 Å². The molecule has 1 rings (SSSR count). The Kier molecular flexibility index (Phi) is 7.16. The third kappa shape index (κ3) is 6.36. The van der Waals surface area contributed by atoms with Gasteiger partial charge in [-0.15, -0.1) is 0 Å². The molecular weight excluding hydrogens is 258 g/mol. The Morgan fingerprint density at radius 1 is 1.19 bits per heavy atom. The van der Waals surface area contributed by atoms with Gasteiger partial charge in [0.05, 0.1) is 6.07 Å². The van der Waals surface area contributed by atoms with Crippen LogP contribution in [0.2, 0.25) is 0 Å². The summed E-state index contributed by atoms with van der Waals surface area (Å²) in [6.45, 7) is 15.6. The van der Waals surface area contributed by atoms with Crippen molar-refractivity contribution >= 4 is 0 Å². The van der Waals surface area contributed by atoms with Crippen LogP contribution in [0.15, 0.2) is 0 Å². The van der Waals surface area contributed by atoms with Crippen molar-refractivity contribution in [3.8, 4) is 6.07 Å². The van der Waals surface area contributed by atoms with Gasteiger partial charge in [0.25, 0.3) is 0 Å². The molecule has 3 nitrogen and oxygen atoms in total. The number of hydrogen-bond donors (Lipinski definition) is 1. The predicted octanol–water partition coefficient (Wildman–Crippen LogP) is 3.81. The van der Waals surface area contributed by atoms with Crippen molar-refractivity contribution in [2.24, 2.45) is 11.3 Å². The molecule has 3 heteroatoms. The van der Waals surface area contributed by atoms with E-state index in [0.717, 1.165) is 31.8 Å². The lowest BCUT2D eigenvalue weighted by Gasteiger charge is -2.30. The van der Waals surface area contributed by atoms with Crippen LogP contribution in [0.4, 0.5) is 0 Å². The highest BCUT2D eigenvalue weighted by atomic mass is 15.1. The average Bonchev–Trinajstić information content (AvgIpc) is 2.68. The summed E-state index contributed by atoms with van der Waals surface area (Å²) in [6.07, 6.45) is 5.95. The predicted molar refractivity (Wildman–Crippen MR) is 90.2 cm³/mol. The Morgan fingerprint density at radius 2 is 1.90 bits per heavy atom. The zero-order chi connectivity index (χ0) is 15.9. The summed E-state index contributed by atoms with van der Waals surface area (Å²) in [5, 5.41) is 12.8. The molecule has 0 aromatic carbocycles. The smallest absolute Gasteiger partial charge is 0.105 e. The number of hydrogen-bond acceptors (Lipinski definition) is 3. The minimum atomic E-state index is -0.369. The topological polar surface area (TPSA) is 39.1 Å². The lowest BCUT2D eigenvalue weighted by Crippen LogP contribution is -2.44. The maximum atomic E-state index is 9.41. The summed E-state index contributed by atoms with van der Waals surface area (Å²) in [5.41, 5.74) is 0.0611. The van der Waals surface area contributed by atoms with Gasteiger partial charge in [0.2, 0.25) is 0 Å². The van der Waals surface area contributed by atoms with E-state index in [0.29, 0.717) is 5.41 Å². The van der Waals surface area contributed by atoms with Gasteiger partial charge in [-0.2, -0.15) is 5.26 Å². The maximum absolute atomic E-state index is 9.41. The Labute approximate surface area is 132 Å². The standard InChI is InChI=1S/C18H35N3/c1-6-11-20-18(5,15-19)10-14-21-12-7-8-16(9-13-21)17(2,3)4/h16,20H,6-14H2,1-5H3. The Morgan fingerprint density at radius 3 is 2.48 bits per heavy atom. The molecule has 1 aliphatic rings. The van der Waals surface area contributed by atoms with Crippen LogP contribution in [0.3, 0.4) is 0 Å². The first-order valence-corrected chi connectivity index (χ1v) is 8.69. The summed E-state index contributed by atoms with van der Waals surface area (Å²) < 4.78 is 0. The molecule has 0 aliphatic carbocycles. The van der Waals surface area contributed by atoms with Gasteiger partial charge in [0.15, 0.2) is 0 Å². The average molecular weight is 293 g/mol. The van der Waals surface area contributed by atoms with Gasteiger partial charge in [-0.3, -0.25) is 5.32 Å². The first kappa shape index (κ1) is 18.5. The second kappa shape index (κ2) is 8.15. The fraction of sp³-hybridized carbons (Fsp3) is 0.944. The largest absolute Gasteiger partial charge is 0.303 e. The molecule has 0 bridgehead atoms. The SMILES string of the molecule is CCCNC(C)(C#N)CCN1CCCC(C(C)(C)C)CC1. The minimum Gasteiger partial charge on any atom is -0.303 e. The van der Waals surface area contributed by atoms with Crippen molar-refractivity contribution in [2.75, 3.05) is 26.2 Å². The molecule has 1 saturated heterocycles. The van der Waals surface area contributed by atoms with Crippen LogP contribution in [0.25, 0.3) is 0 Å². The summed E-state index contributed by atoms with van der Waals surface area (Å²) in [4.78, 5) is 2.56. The minimum absolute atomic E-state index is 0.369. The van der Waals surface area contributed by atoms with E-state index >= 15 is 0 Å². The van der Waals surface area contributed by atoms with Gasteiger partial charge in [-0.05, 0) is 70.0 Å². The van der Waals surface area contributed by atoms with E-state index in [9.17, 15) is 5.26 Å². The molecule has 2 unspecified atom stereocenters. The number of likely N-dealkylation sites (tertiary alicyclic amines) is 1. The molecule has 0 aromatic heterocycles. The monoisotopic (exact) mass is 293 g/mol. The number of nitrogens with one attached hydrogen (secondary N) is 1. The molecule has 21 heavy (non-hydrogen) atoms. The maximum Gasteiger partial charge on any atom is 0.105 e. The van der Waals surface area contributed by atoms with E-state index in [1.54, 1.807) is 0 Å². The fourth-order valence-corrected chi connectivity index (χ4v) is 3.21. The normalized spacial score (nSPS) is 24.1. The first-order chi connectivity index (χ1) is 9.80. The summed E-state index contributed by atoms with van der Waals surface area (Å²) in [7, 11) is 0. The molecule has 0 amide bonds. The van der Waals surface area contributed by atoms with Crippen LogP contribution >= 0.6 is 0 Å². The first-order valence-electron chi connectivity index (χ1n) is 8.69. The van der Waals surface area contributed by atoms with Crippen molar-refractivity contribution < 1.29 is 0 Å². The second-order valence-corrected chi connectivity index (χ2v) is 7.96. The van der Waals surface area contributed by atoms with Gasteiger partial charge in [-0.1, -0.05) is 27.7 Å². The molecule has 2 atom stereocenters. The molecule has 1 aliphatic heterocycles. The highest BCUT2D eigenvalue weighted by Crippen LogP contribution is 2.34. The van der Waals surface area contributed by atoms with Crippen LogP contribution in [0.1, 0.15) is 66.7 Å². The summed E-state index contributed by atoms with van der Waals surface area (Å²) in [5.74, 6) is 0.836. The highest BCUT2D eigenvalue weighted by molar-refractivity contribution is 5.04. The molecule has 0 spiro atoms. The van der Waals surface area contributed by atoms with Gasteiger partial charge in [0, 0.05) is 6.54 Å². The molecule has 0 aromatic rings. The van der Waals surface area contributed by atoms with E-state index in [4.69, 9.17) is 0 Å². The fourth-order valence-electron chi connectivity index (χ4n) is 3.21. The van der Waals surface area contributed by atoms with E-state index in [1.807, 2.05) is 6.92 Å². The lowest BCUT2D eigenvalue weighted by atomic mass is 9.77. The zero-order valence-electron chi connectivity index (χ0n) is 14.8. The second-order valence-electron chi connectivity index (χ2n) is 7.96. The molecular formula is C18H35N3. The molecule has 1 fully saturated rings. The molecule has 0 radical (unpaired) electrons. The van der Waals surface area contributed by atoms with Crippen molar-refractivity contribution in [2.45, 2.75) is 72.3 Å². The van der Waals surface area contributed by atoms with Crippen LogP contribution in [0.5, 0.6) is 0 Å². The lowest BCUT2D eigenvalue weighted by molar-refractivity contribution is 0.204. The quantitative estimate of drug-likeness (QED) is 0.809. The van der Waals surface area contributed by atoms with Gasteiger partial charge in [0.1, 0.15) is 5.54 Å². The summed E-state index contributed by atoms with van der Waals surface area (Å²) in [6, 6.07) is 2.46. The number of rotatable bonds is 6. The van der Waals surface area contributed by atoms with E-state index in [-0.39, 0.29) is 5.54 Å². The molecule has 0 saturated carbocycles. The van der Waals surface area contributed by atoms with Gasteiger partial charge < -0.3 is 4.90 Å². The van der Waals surface area contributed by atoms with Crippen LogP contribution < -0.4 is 5.32 Å². The third-order valence-electron chi connectivity index (χ3n) is 4.99. The van der Waals surface area contributed by atoms with Gasteiger partial charge >= 0.3 is 0 Å². The Balaban J connectivity index is 2.44. The Hall–Kier alpha value is -0.590. The zero-order valence-corrected chi connectivity index (χ0v) is 14.8. The van der Waals surface area contributed by atoms with Crippen LogP contribution in [-0.2, 0) is 0 Å². The third-order valence-corrected chi connectivity index (χ3v) is 4.99. The number of nitrogens with zero attached hydrogens (tertiary/aromatic N) is 2. The highest BCUT2D eigenvalue weighted by Gasteiger charge is 2.28. The van der Waals surface area contributed by atoms with E-state index < -0.39 is 0 Å². The van der Waals surface area contributed by atoms with Crippen LogP contribution in [0, 0.1) is 22.7 Å².